The van der Waals surface area contributed by atoms with Gasteiger partial charge in [-0.1, -0.05) is 40.1 Å². The van der Waals surface area contributed by atoms with Gasteiger partial charge < -0.3 is 41.2 Å². The van der Waals surface area contributed by atoms with Gasteiger partial charge in [-0.25, -0.2) is 19.9 Å². The van der Waals surface area contributed by atoms with Gasteiger partial charge in [0.05, 0.1) is 18.9 Å². The third-order valence-electron chi connectivity index (χ3n) is 6.73. The number of hydrogen-bond acceptors (Lipinski definition) is 14. The van der Waals surface area contributed by atoms with Gasteiger partial charge in [0.25, 0.3) is 5.91 Å². The van der Waals surface area contributed by atoms with Crippen molar-refractivity contribution in [2.24, 2.45) is 10.3 Å². The second kappa shape index (κ2) is 18.4. The highest BCUT2D eigenvalue weighted by atomic mass is 16.6. The zero-order valence-corrected chi connectivity index (χ0v) is 28.2. The highest BCUT2D eigenvalue weighted by Gasteiger charge is 2.12. The molecule has 3 aromatic carbocycles. The van der Waals surface area contributed by atoms with Crippen LogP contribution in [-0.2, 0) is 20.9 Å². The van der Waals surface area contributed by atoms with E-state index in [0.29, 0.717) is 28.2 Å². The number of nitrogens with one attached hydrogen (secondary N) is 2. The summed E-state index contributed by atoms with van der Waals surface area (Å²) in [5.41, 5.74) is 15.7. The first-order valence-corrected chi connectivity index (χ1v) is 15.2. The molecule has 16 nitrogen and oxygen atoms in total. The first-order valence-electron chi connectivity index (χ1n) is 15.2. The Labute approximate surface area is 293 Å². The SMILES string of the molecule is CNC(=O)c1ccc(Oc2ncnc(N)c2C=NOC)cc1.CON=Cc1c(N)ncnc1Oc1ccc(CC(=O)Nc2ccc(C)cc2)cc1. The van der Waals surface area contributed by atoms with Gasteiger partial charge in [0.15, 0.2) is 0 Å². The largest absolute Gasteiger partial charge is 0.438 e. The molecule has 16 heteroatoms. The number of nitrogen functional groups attached to an aromatic ring is 2. The molecular weight excluding hydrogens is 656 g/mol. The number of carbonyl (C=O) groups is 2. The van der Waals surface area contributed by atoms with E-state index in [4.69, 9.17) is 20.9 Å². The van der Waals surface area contributed by atoms with Gasteiger partial charge >= 0.3 is 0 Å². The molecule has 262 valence electrons. The molecular formula is C35H36N10O6. The molecule has 6 N–H and O–H groups in total. The van der Waals surface area contributed by atoms with Crippen LogP contribution in [0.1, 0.15) is 32.6 Å². The molecule has 0 fully saturated rings. The topological polar surface area (TPSA) is 223 Å². The maximum absolute atomic E-state index is 12.2. The predicted molar refractivity (Wildman–Crippen MR) is 192 cm³/mol. The van der Waals surface area contributed by atoms with Gasteiger partial charge in [0, 0.05) is 18.3 Å². The first-order chi connectivity index (χ1) is 24.7. The highest BCUT2D eigenvalue weighted by Crippen LogP contribution is 2.26. The predicted octanol–water partition coefficient (Wildman–Crippen LogP) is 4.51. The van der Waals surface area contributed by atoms with Crippen molar-refractivity contribution in [2.75, 3.05) is 38.1 Å². The van der Waals surface area contributed by atoms with Crippen LogP contribution in [-0.4, -0.2) is 65.4 Å². The lowest BCUT2D eigenvalue weighted by Crippen LogP contribution is -2.17. The minimum absolute atomic E-state index is 0.0934. The van der Waals surface area contributed by atoms with Crippen LogP contribution < -0.4 is 31.6 Å². The van der Waals surface area contributed by atoms with Gasteiger partial charge in [0.1, 0.15) is 61.1 Å². The number of nitrogens with zero attached hydrogens (tertiary/aromatic N) is 6. The van der Waals surface area contributed by atoms with Crippen molar-refractivity contribution < 1.29 is 28.7 Å². The minimum Gasteiger partial charge on any atom is -0.438 e. The highest BCUT2D eigenvalue weighted by molar-refractivity contribution is 5.94. The molecule has 0 unspecified atom stereocenters. The summed E-state index contributed by atoms with van der Waals surface area (Å²) in [5.74, 6) is 1.70. The van der Waals surface area contributed by atoms with E-state index in [9.17, 15) is 9.59 Å². The molecule has 5 aromatic rings. The molecule has 2 aromatic heterocycles. The van der Waals surface area contributed by atoms with Crippen LogP contribution in [0, 0.1) is 6.92 Å². The van der Waals surface area contributed by atoms with Crippen LogP contribution in [0.5, 0.6) is 23.3 Å². The summed E-state index contributed by atoms with van der Waals surface area (Å²) in [4.78, 5) is 48.9. The van der Waals surface area contributed by atoms with Crippen molar-refractivity contribution in [1.29, 1.82) is 0 Å². The van der Waals surface area contributed by atoms with Crippen LogP contribution in [0.2, 0.25) is 0 Å². The van der Waals surface area contributed by atoms with Crippen molar-refractivity contribution in [1.82, 2.24) is 25.3 Å². The molecule has 0 saturated carbocycles. The number of hydrogen-bond donors (Lipinski definition) is 4. The number of nitrogens with two attached hydrogens (primary N) is 2. The van der Waals surface area contributed by atoms with Crippen LogP contribution in [0.15, 0.2) is 95.8 Å². The molecule has 2 heterocycles. The third-order valence-corrected chi connectivity index (χ3v) is 6.73. The summed E-state index contributed by atoms with van der Waals surface area (Å²) >= 11 is 0. The number of ether oxygens (including phenoxy) is 2. The summed E-state index contributed by atoms with van der Waals surface area (Å²) in [5, 5.41) is 12.7. The number of rotatable bonds is 12. The van der Waals surface area contributed by atoms with Gasteiger partial charge in [-0.2, -0.15) is 0 Å². The number of aromatic nitrogens is 4. The Morgan fingerprint density at radius 1 is 0.725 bits per heavy atom. The van der Waals surface area contributed by atoms with Gasteiger partial charge in [-0.15, -0.1) is 0 Å². The lowest BCUT2D eigenvalue weighted by atomic mass is 10.1. The van der Waals surface area contributed by atoms with Gasteiger partial charge in [-0.05, 0) is 61.0 Å². The molecule has 0 aliphatic heterocycles. The van der Waals surface area contributed by atoms with E-state index in [0.717, 1.165) is 16.8 Å². The molecule has 0 aliphatic rings. The Bertz CT molecular complexity index is 1970. The van der Waals surface area contributed by atoms with Crippen LogP contribution >= 0.6 is 0 Å². The normalized spacial score (nSPS) is 10.6. The van der Waals surface area contributed by atoms with Gasteiger partial charge in [0.2, 0.25) is 17.7 Å². The number of aryl methyl sites for hydroxylation is 1. The number of amides is 2. The maximum Gasteiger partial charge on any atom is 0.251 e. The number of oxime groups is 2. The molecule has 2 amide bonds. The lowest BCUT2D eigenvalue weighted by molar-refractivity contribution is -0.115. The van der Waals surface area contributed by atoms with E-state index in [1.54, 1.807) is 43.4 Å². The summed E-state index contributed by atoms with van der Waals surface area (Å²) in [6, 6.07) is 21.4. The van der Waals surface area contributed by atoms with Crippen molar-refractivity contribution in [3.8, 4) is 23.3 Å². The summed E-state index contributed by atoms with van der Waals surface area (Å²) in [7, 11) is 4.40. The second-order valence-electron chi connectivity index (χ2n) is 10.3. The monoisotopic (exact) mass is 692 g/mol. The number of carbonyl (C=O) groups excluding carboxylic acids is 2. The number of anilines is 3. The van der Waals surface area contributed by atoms with E-state index in [1.165, 1.54) is 39.3 Å². The molecule has 0 bridgehead atoms. The molecule has 0 radical (unpaired) electrons. The van der Waals surface area contributed by atoms with Crippen molar-refractivity contribution in [3.05, 3.63) is 113 Å². The summed E-state index contributed by atoms with van der Waals surface area (Å²) in [6.07, 6.45) is 5.59. The van der Waals surface area contributed by atoms with Crippen LogP contribution in [0.4, 0.5) is 17.3 Å². The standard InChI is InChI=1S/C21H21N5O3.C14H15N5O3/c1-14-3-7-16(8-4-14)26-19(27)11-15-5-9-17(10-6-15)29-21-18(12-25-28-2)20(22)23-13-24-21;1-16-13(20)9-3-5-10(6-4-9)22-14-11(7-19-21-2)12(15)17-8-18-14/h3-10,12-13H,11H2,1-2H3,(H,26,27)(H2,22,23,24);3-8H,1-2H3,(H,16,20)(H2,15,17,18). The fourth-order valence-electron chi connectivity index (χ4n) is 4.15. The molecule has 0 aliphatic carbocycles. The van der Waals surface area contributed by atoms with Gasteiger partial charge in [-0.3, -0.25) is 9.59 Å². The second-order valence-corrected chi connectivity index (χ2v) is 10.3. The quantitative estimate of drug-likeness (QED) is 0.105. The van der Waals surface area contributed by atoms with E-state index < -0.39 is 0 Å². The molecule has 0 atom stereocenters. The Hall–Kier alpha value is -7.10. The van der Waals surface area contributed by atoms with E-state index in [2.05, 4.69) is 50.6 Å². The van der Waals surface area contributed by atoms with Crippen molar-refractivity contribution >= 4 is 41.6 Å². The molecule has 51 heavy (non-hydrogen) atoms. The molecule has 0 spiro atoms. The summed E-state index contributed by atoms with van der Waals surface area (Å²) in [6.45, 7) is 2.00. The average molecular weight is 693 g/mol. The maximum atomic E-state index is 12.2. The Morgan fingerprint density at radius 2 is 1.22 bits per heavy atom. The Balaban J connectivity index is 0.000000238. The smallest absolute Gasteiger partial charge is 0.251 e. The molecule has 5 rings (SSSR count). The van der Waals surface area contributed by atoms with Crippen LogP contribution in [0.3, 0.4) is 0 Å². The third kappa shape index (κ3) is 11.0. The fraction of sp³-hybridized carbons (Fsp3) is 0.143. The zero-order chi connectivity index (χ0) is 36.6. The first kappa shape index (κ1) is 36.7. The van der Waals surface area contributed by atoms with Crippen molar-refractivity contribution in [3.63, 3.8) is 0 Å². The van der Waals surface area contributed by atoms with Crippen LogP contribution in [0.25, 0.3) is 0 Å². The zero-order valence-electron chi connectivity index (χ0n) is 28.2. The minimum atomic E-state index is -0.175. The van der Waals surface area contributed by atoms with E-state index >= 15 is 0 Å². The van der Waals surface area contributed by atoms with E-state index in [1.807, 2.05) is 43.3 Å². The number of benzene rings is 3. The lowest BCUT2D eigenvalue weighted by Gasteiger charge is -2.09. The van der Waals surface area contributed by atoms with E-state index in [-0.39, 0.29) is 41.6 Å². The Kier molecular flexibility index (Phi) is 13.3. The average Bonchev–Trinajstić information content (AvgIpc) is 3.13. The fourth-order valence-corrected chi connectivity index (χ4v) is 4.15. The Morgan fingerprint density at radius 3 is 1.69 bits per heavy atom. The molecule has 0 saturated heterocycles. The van der Waals surface area contributed by atoms with Crippen molar-refractivity contribution in [2.45, 2.75) is 13.3 Å². The summed E-state index contributed by atoms with van der Waals surface area (Å²) < 4.78 is 11.4.